The summed E-state index contributed by atoms with van der Waals surface area (Å²) >= 11 is 5.99. The quantitative estimate of drug-likeness (QED) is 0.828. The Morgan fingerprint density at radius 2 is 2.06 bits per heavy atom. The molecule has 0 bridgehead atoms. The second-order valence-corrected chi connectivity index (χ2v) is 4.28. The Bertz CT molecular complexity index is 388. The van der Waals surface area contributed by atoms with E-state index >= 15 is 0 Å². The summed E-state index contributed by atoms with van der Waals surface area (Å²) in [7, 11) is 1.29. The summed E-state index contributed by atoms with van der Waals surface area (Å²) in [5.41, 5.74) is -0.819. The Morgan fingerprint density at radius 1 is 1.50 bits per heavy atom. The maximum atomic E-state index is 11.4. The van der Waals surface area contributed by atoms with Crippen LogP contribution in [0.3, 0.4) is 0 Å². The van der Waals surface area contributed by atoms with Crippen LogP contribution in [0.4, 0.5) is 0 Å². The Kier molecular flexibility index (Phi) is 3.94. The minimum Gasteiger partial charge on any atom is -0.469 e. The molecule has 4 heteroatoms. The molecular weight excluding hydrogens is 228 g/mol. The standard InChI is InChI=1S/C12H15ClO3/c1-8(11(14)16-3)12(2,15)9-6-4-5-7-10(9)13/h4-8,15H,1-3H3. The van der Waals surface area contributed by atoms with Crippen LogP contribution < -0.4 is 0 Å². The van der Waals surface area contributed by atoms with Gasteiger partial charge in [-0.05, 0) is 19.9 Å². The molecule has 0 aliphatic rings. The normalized spacial score (nSPS) is 16.3. The molecule has 0 amide bonds. The lowest BCUT2D eigenvalue weighted by molar-refractivity contribution is -0.154. The topological polar surface area (TPSA) is 46.5 Å². The number of aliphatic hydroxyl groups is 1. The first-order valence-corrected chi connectivity index (χ1v) is 5.34. The lowest BCUT2D eigenvalue weighted by atomic mass is 9.84. The van der Waals surface area contributed by atoms with E-state index in [1.165, 1.54) is 7.11 Å². The van der Waals surface area contributed by atoms with Crippen molar-refractivity contribution in [2.24, 2.45) is 5.92 Å². The largest absolute Gasteiger partial charge is 0.469 e. The molecule has 0 aliphatic carbocycles. The van der Waals surface area contributed by atoms with Crippen molar-refractivity contribution in [1.82, 2.24) is 0 Å². The zero-order valence-electron chi connectivity index (χ0n) is 9.53. The molecular formula is C12H15ClO3. The van der Waals surface area contributed by atoms with Gasteiger partial charge in [0.05, 0.1) is 13.0 Å². The van der Waals surface area contributed by atoms with Gasteiger partial charge >= 0.3 is 5.97 Å². The molecule has 0 heterocycles. The van der Waals surface area contributed by atoms with Crippen LogP contribution >= 0.6 is 11.6 Å². The zero-order chi connectivity index (χ0) is 12.3. The molecule has 3 nitrogen and oxygen atoms in total. The van der Waals surface area contributed by atoms with E-state index in [1.807, 2.05) is 0 Å². The second kappa shape index (κ2) is 4.85. The van der Waals surface area contributed by atoms with E-state index in [2.05, 4.69) is 4.74 Å². The van der Waals surface area contributed by atoms with Crippen molar-refractivity contribution in [1.29, 1.82) is 0 Å². The highest BCUT2D eigenvalue weighted by Gasteiger charge is 2.37. The lowest BCUT2D eigenvalue weighted by Gasteiger charge is -2.29. The van der Waals surface area contributed by atoms with Crippen LogP contribution in [-0.2, 0) is 15.1 Å². The highest BCUT2D eigenvalue weighted by Crippen LogP contribution is 2.34. The minimum atomic E-state index is -1.34. The number of rotatable bonds is 3. The first-order valence-electron chi connectivity index (χ1n) is 4.96. The molecule has 1 aromatic rings. The number of carbonyl (C=O) groups is 1. The predicted molar refractivity (Wildman–Crippen MR) is 62.2 cm³/mol. The van der Waals surface area contributed by atoms with Gasteiger partial charge in [-0.1, -0.05) is 29.8 Å². The first kappa shape index (κ1) is 13.0. The molecule has 88 valence electrons. The summed E-state index contributed by atoms with van der Waals surface area (Å²) < 4.78 is 4.62. The molecule has 1 aromatic carbocycles. The third kappa shape index (κ3) is 2.36. The molecule has 0 saturated heterocycles. The van der Waals surface area contributed by atoms with Gasteiger partial charge in [0.1, 0.15) is 5.60 Å². The fraction of sp³-hybridized carbons (Fsp3) is 0.417. The van der Waals surface area contributed by atoms with Crippen LogP contribution in [0.1, 0.15) is 19.4 Å². The second-order valence-electron chi connectivity index (χ2n) is 3.87. The number of halogens is 1. The monoisotopic (exact) mass is 242 g/mol. The number of esters is 1. The number of hydrogen-bond donors (Lipinski definition) is 1. The number of hydrogen-bond acceptors (Lipinski definition) is 3. The summed E-state index contributed by atoms with van der Waals surface area (Å²) in [5.74, 6) is -1.15. The van der Waals surface area contributed by atoms with Crippen LogP contribution in [0.2, 0.25) is 5.02 Å². The molecule has 1 rings (SSSR count). The van der Waals surface area contributed by atoms with Crippen LogP contribution in [0, 0.1) is 5.92 Å². The van der Waals surface area contributed by atoms with Crippen LogP contribution in [0.25, 0.3) is 0 Å². The van der Waals surface area contributed by atoms with E-state index < -0.39 is 17.5 Å². The van der Waals surface area contributed by atoms with Gasteiger partial charge < -0.3 is 9.84 Å². The van der Waals surface area contributed by atoms with Crippen molar-refractivity contribution in [2.75, 3.05) is 7.11 Å². The van der Waals surface area contributed by atoms with E-state index in [1.54, 1.807) is 38.1 Å². The van der Waals surface area contributed by atoms with Gasteiger partial charge in [0.2, 0.25) is 0 Å². The molecule has 1 N–H and O–H groups in total. The van der Waals surface area contributed by atoms with Crippen molar-refractivity contribution >= 4 is 17.6 Å². The maximum Gasteiger partial charge on any atom is 0.311 e. The van der Waals surface area contributed by atoms with Crippen LogP contribution in [-0.4, -0.2) is 18.2 Å². The smallest absolute Gasteiger partial charge is 0.311 e. The highest BCUT2D eigenvalue weighted by molar-refractivity contribution is 6.31. The summed E-state index contributed by atoms with van der Waals surface area (Å²) in [6.07, 6.45) is 0. The van der Waals surface area contributed by atoms with Gasteiger partial charge in [0, 0.05) is 10.6 Å². The third-order valence-electron chi connectivity index (χ3n) is 2.82. The van der Waals surface area contributed by atoms with E-state index in [9.17, 15) is 9.90 Å². The number of ether oxygens (including phenoxy) is 1. The average molecular weight is 243 g/mol. The molecule has 0 radical (unpaired) electrons. The van der Waals surface area contributed by atoms with Crippen LogP contribution in [0.5, 0.6) is 0 Å². The summed E-state index contributed by atoms with van der Waals surface area (Å²) in [4.78, 5) is 11.4. The Hall–Kier alpha value is -1.06. The summed E-state index contributed by atoms with van der Waals surface area (Å²) in [5, 5.41) is 10.8. The van der Waals surface area contributed by atoms with Gasteiger partial charge in [0.15, 0.2) is 0 Å². The van der Waals surface area contributed by atoms with Crippen LogP contribution in [0.15, 0.2) is 24.3 Å². The Morgan fingerprint density at radius 3 is 2.56 bits per heavy atom. The van der Waals surface area contributed by atoms with E-state index in [0.29, 0.717) is 10.6 Å². The molecule has 0 spiro atoms. The molecule has 16 heavy (non-hydrogen) atoms. The van der Waals surface area contributed by atoms with Crippen molar-refractivity contribution < 1.29 is 14.6 Å². The van der Waals surface area contributed by atoms with Gasteiger partial charge in [-0.3, -0.25) is 4.79 Å². The van der Waals surface area contributed by atoms with E-state index in [-0.39, 0.29) is 0 Å². The fourth-order valence-corrected chi connectivity index (χ4v) is 1.84. The summed E-state index contributed by atoms with van der Waals surface area (Å²) in [6.45, 7) is 3.16. The van der Waals surface area contributed by atoms with Gasteiger partial charge in [-0.15, -0.1) is 0 Å². The molecule has 2 unspecified atom stereocenters. The fourth-order valence-electron chi connectivity index (χ4n) is 1.51. The predicted octanol–water partition coefficient (Wildman–Crippen LogP) is 2.36. The SMILES string of the molecule is COC(=O)C(C)C(C)(O)c1ccccc1Cl. The maximum absolute atomic E-state index is 11.4. The number of carbonyl (C=O) groups excluding carboxylic acids is 1. The molecule has 0 saturated carbocycles. The Labute approximate surface area is 100.0 Å². The molecule has 0 aliphatic heterocycles. The number of methoxy groups -OCH3 is 1. The van der Waals surface area contributed by atoms with Gasteiger partial charge in [-0.25, -0.2) is 0 Å². The molecule has 0 fully saturated rings. The van der Waals surface area contributed by atoms with E-state index in [4.69, 9.17) is 11.6 Å². The first-order chi connectivity index (χ1) is 7.41. The highest BCUT2D eigenvalue weighted by atomic mass is 35.5. The van der Waals surface area contributed by atoms with Crippen molar-refractivity contribution in [3.63, 3.8) is 0 Å². The third-order valence-corrected chi connectivity index (χ3v) is 3.15. The Balaban J connectivity index is 3.11. The number of benzene rings is 1. The van der Waals surface area contributed by atoms with Gasteiger partial charge in [-0.2, -0.15) is 0 Å². The molecule has 0 aromatic heterocycles. The zero-order valence-corrected chi connectivity index (χ0v) is 10.3. The summed E-state index contributed by atoms with van der Waals surface area (Å²) in [6, 6.07) is 6.90. The lowest BCUT2D eigenvalue weighted by Crippen LogP contribution is -2.36. The minimum absolute atomic E-state index is 0.434. The molecule has 2 atom stereocenters. The average Bonchev–Trinajstić information content (AvgIpc) is 2.27. The van der Waals surface area contributed by atoms with Gasteiger partial charge in [0.25, 0.3) is 0 Å². The van der Waals surface area contributed by atoms with E-state index in [0.717, 1.165) is 0 Å². The van der Waals surface area contributed by atoms with Crippen molar-refractivity contribution in [2.45, 2.75) is 19.4 Å². The van der Waals surface area contributed by atoms with Crippen molar-refractivity contribution in [3.05, 3.63) is 34.9 Å². The van der Waals surface area contributed by atoms with Crippen molar-refractivity contribution in [3.8, 4) is 0 Å².